The Bertz CT molecular complexity index is 1670. The number of amides is 1. The second-order valence-electron chi connectivity index (χ2n) is 11.0. The average Bonchev–Trinajstić information content (AvgIpc) is 3.34. The molecule has 2 atom stereocenters. The smallest absolute Gasteiger partial charge is 0.423 e. The number of hydrogen-bond acceptors (Lipinski definition) is 10. The standard InChI is InChI=1S/C29H34F3N7O5S/c1-37-11-13-39(14-12-37)36-26(40)19-9-10-23(43-3)22(15-19)34-28-33-17-21(29(30,31)32)27(35-28)44-24-16-18-7-5-6-8-20(18)25(24)38(2)45(4,41)42/h5-10,15,17,24-25H,11-14,16H2,1-4H3,(H,36,40)(H,33,34,35)/t24-,25-/m1/s1. The summed E-state index contributed by atoms with van der Waals surface area (Å²) in [5, 5.41) is 4.66. The van der Waals surface area contributed by atoms with E-state index >= 15 is 0 Å². The van der Waals surface area contributed by atoms with Gasteiger partial charge in [-0.1, -0.05) is 24.3 Å². The number of aromatic nitrogens is 2. The number of benzene rings is 2. The number of methoxy groups -OCH3 is 1. The number of halogens is 3. The van der Waals surface area contributed by atoms with Gasteiger partial charge in [0.1, 0.15) is 17.4 Å². The first kappa shape index (κ1) is 32.4. The molecule has 0 radical (unpaired) electrons. The molecule has 1 fully saturated rings. The number of rotatable bonds is 9. The van der Waals surface area contributed by atoms with Gasteiger partial charge in [0.05, 0.1) is 25.1 Å². The van der Waals surface area contributed by atoms with Gasteiger partial charge in [0.15, 0.2) is 0 Å². The largest absolute Gasteiger partial charge is 0.495 e. The highest BCUT2D eigenvalue weighted by Crippen LogP contribution is 2.42. The molecule has 12 nitrogen and oxygen atoms in total. The molecule has 45 heavy (non-hydrogen) atoms. The van der Waals surface area contributed by atoms with Crippen LogP contribution in [0.25, 0.3) is 0 Å². The van der Waals surface area contributed by atoms with Crippen molar-refractivity contribution in [2.24, 2.45) is 0 Å². The lowest BCUT2D eigenvalue weighted by Gasteiger charge is -2.32. The van der Waals surface area contributed by atoms with Crippen molar-refractivity contribution in [3.05, 3.63) is 70.9 Å². The minimum Gasteiger partial charge on any atom is -0.495 e. The van der Waals surface area contributed by atoms with E-state index in [0.717, 1.165) is 29.2 Å². The first-order valence-electron chi connectivity index (χ1n) is 14.1. The number of nitrogens with zero attached hydrogens (tertiary/aromatic N) is 5. The molecule has 0 saturated carbocycles. The van der Waals surface area contributed by atoms with Crippen molar-refractivity contribution in [2.75, 3.05) is 59.0 Å². The lowest BCUT2D eigenvalue weighted by Crippen LogP contribution is -2.52. The predicted octanol–water partition coefficient (Wildman–Crippen LogP) is 3.08. The van der Waals surface area contributed by atoms with Gasteiger partial charge in [-0.3, -0.25) is 10.2 Å². The number of hydrogen-bond donors (Lipinski definition) is 2. The Morgan fingerprint density at radius 3 is 2.49 bits per heavy atom. The van der Waals surface area contributed by atoms with Crippen LogP contribution in [0.3, 0.4) is 0 Å². The van der Waals surface area contributed by atoms with E-state index in [0.29, 0.717) is 24.8 Å². The van der Waals surface area contributed by atoms with Gasteiger partial charge < -0.3 is 19.7 Å². The summed E-state index contributed by atoms with van der Waals surface area (Å²) >= 11 is 0. The van der Waals surface area contributed by atoms with Crippen LogP contribution in [0.15, 0.2) is 48.7 Å². The maximum absolute atomic E-state index is 14.1. The summed E-state index contributed by atoms with van der Waals surface area (Å²) in [6, 6.07) is 10.7. The lowest BCUT2D eigenvalue weighted by molar-refractivity contribution is -0.140. The first-order valence-corrected chi connectivity index (χ1v) is 15.9. The third-order valence-electron chi connectivity index (χ3n) is 7.86. The van der Waals surface area contributed by atoms with Crippen molar-refractivity contribution >= 4 is 27.6 Å². The number of fused-ring (bicyclic) bond motifs is 1. The molecule has 242 valence electrons. The second kappa shape index (κ2) is 12.8. The molecule has 2 heterocycles. The molecule has 1 amide bonds. The molecule has 1 aromatic heterocycles. The molecule has 1 aliphatic carbocycles. The van der Waals surface area contributed by atoms with E-state index in [4.69, 9.17) is 9.47 Å². The molecule has 0 unspecified atom stereocenters. The Hall–Kier alpha value is -3.99. The molecule has 16 heteroatoms. The van der Waals surface area contributed by atoms with Crippen molar-refractivity contribution < 1.29 is 35.9 Å². The summed E-state index contributed by atoms with van der Waals surface area (Å²) < 4.78 is 79.7. The highest BCUT2D eigenvalue weighted by molar-refractivity contribution is 7.88. The zero-order chi connectivity index (χ0) is 32.5. The fraction of sp³-hybridized carbons (Fsp3) is 0.414. The number of anilines is 2. The molecule has 1 saturated heterocycles. The molecular weight excluding hydrogens is 615 g/mol. The Morgan fingerprint density at radius 1 is 1.11 bits per heavy atom. The highest BCUT2D eigenvalue weighted by atomic mass is 32.2. The van der Waals surface area contributed by atoms with E-state index in [1.165, 1.54) is 20.2 Å². The zero-order valence-electron chi connectivity index (χ0n) is 25.1. The third kappa shape index (κ3) is 7.30. The average molecular weight is 650 g/mol. The monoisotopic (exact) mass is 649 g/mol. The summed E-state index contributed by atoms with van der Waals surface area (Å²) in [7, 11) is 1.02. The summed E-state index contributed by atoms with van der Waals surface area (Å²) in [6.45, 7) is 2.89. The van der Waals surface area contributed by atoms with Crippen molar-refractivity contribution in [3.63, 3.8) is 0 Å². The summed E-state index contributed by atoms with van der Waals surface area (Å²) in [5.41, 5.74) is 3.53. The van der Waals surface area contributed by atoms with Crippen molar-refractivity contribution in [3.8, 4) is 11.6 Å². The van der Waals surface area contributed by atoms with Gasteiger partial charge in [0.2, 0.25) is 21.9 Å². The van der Waals surface area contributed by atoms with Crippen LogP contribution in [0.2, 0.25) is 0 Å². The van der Waals surface area contributed by atoms with E-state index < -0.39 is 39.8 Å². The lowest BCUT2D eigenvalue weighted by atomic mass is 10.1. The fourth-order valence-corrected chi connectivity index (χ4v) is 5.99. The van der Waals surface area contributed by atoms with Crippen molar-refractivity contribution in [2.45, 2.75) is 24.7 Å². The minimum atomic E-state index is -4.86. The van der Waals surface area contributed by atoms with E-state index in [1.54, 1.807) is 36.4 Å². The Kier molecular flexibility index (Phi) is 9.21. The normalized spacial score (nSPS) is 19.3. The van der Waals surface area contributed by atoms with Gasteiger partial charge >= 0.3 is 6.18 Å². The van der Waals surface area contributed by atoms with Gasteiger partial charge in [-0.15, -0.1) is 0 Å². The van der Waals surface area contributed by atoms with Crippen LogP contribution in [-0.4, -0.2) is 98.3 Å². The van der Waals surface area contributed by atoms with Gasteiger partial charge in [-0.25, -0.2) is 18.4 Å². The number of nitrogens with one attached hydrogen (secondary N) is 2. The van der Waals surface area contributed by atoms with Crippen molar-refractivity contribution in [1.29, 1.82) is 0 Å². The van der Waals surface area contributed by atoms with Crippen molar-refractivity contribution in [1.82, 2.24) is 29.6 Å². The van der Waals surface area contributed by atoms with Crippen LogP contribution in [0, 0.1) is 0 Å². The van der Waals surface area contributed by atoms with E-state index in [-0.39, 0.29) is 35.3 Å². The quantitative estimate of drug-likeness (QED) is 0.357. The number of ether oxygens (including phenoxy) is 2. The zero-order valence-corrected chi connectivity index (χ0v) is 25.9. The van der Waals surface area contributed by atoms with Gasteiger partial charge in [-0.2, -0.15) is 22.5 Å². The number of carbonyl (C=O) groups is 1. The first-order chi connectivity index (χ1) is 21.2. The Morgan fingerprint density at radius 2 is 1.82 bits per heavy atom. The van der Waals surface area contributed by atoms with Crippen LogP contribution in [0.5, 0.6) is 11.6 Å². The number of piperazine rings is 1. The molecule has 2 aliphatic rings. The molecule has 3 aromatic rings. The topological polar surface area (TPSA) is 129 Å². The van der Waals surface area contributed by atoms with Crippen LogP contribution >= 0.6 is 0 Å². The molecule has 2 N–H and O–H groups in total. The van der Waals surface area contributed by atoms with Gasteiger partial charge in [-0.05, 0) is 36.4 Å². The molecule has 1 aliphatic heterocycles. The van der Waals surface area contributed by atoms with Gasteiger partial charge in [0, 0.05) is 51.4 Å². The number of likely N-dealkylation sites (N-methyl/N-ethyl adjacent to an activating group) is 2. The summed E-state index contributed by atoms with van der Waals surface area (Å²) in [6.07, 6.45) is -4.11. The van der Waals surface area contributed by atoms with Crippen LogP contribution < -0.4 is 20.2 Å². The number of sulfonamides is 1. The summed E-state index contributed by atoms with van der Waals surface area (Å²) in [5.74, 6) is -1.10. The van der Waals surface area contributed by atoms with Crippen LogP contribution in [0.4, 0.5) is 24.8 Å². The Labute approximate surface area is 259 Å². The predicted molar refractivity (Wildman–Crippen MR) is 160 cm³/mol. The molecule has 5 rings (SSSR count). The summed E-state index contributed by atoms with van der Waals surface area (Å²) in [4.78, 5) is 23.1. The Balaban J connectivity index is 1.44. The van der Waals surface area contributed by atoms with Crippen LogP contribution in [-0.2, 0) is 22.6 Å². The van der Waals surface area contributed by atoms with E-state index in [1.807, 2.05) is 12.1 Å². The molecule has 0 bridgehead atoms. The maximum atomic E-state index is 14.1. The number of hydrazine groups is 1. The van der Waals surface area contributed by atoms with E-state index in [2.05, 4.69) is 25.6 Å². The molecular formula is C29H34F3N7O5S. The minimum absolute atomic E-state index is 0.156. The number of alkyl halides is 3. The van der Waals surface area contributed by atoms with E-state index in [9.17, 15) is 26.4 Å². The maximum Gasteiger partial charge on any atom is 0.423 e. The fourth-order valence-electron chi connectivity index (χ4n) is 5.33. The highest BCUT2D eigenvalue weighted by Gasteiger charge is 2.43. The third-order valence-corrected chi connectivity index (χ3v) is 9.13. The number of carbonyl (C=O) groups excluding carboxylic acids is 1. The SMILES string of the molecule is COc1ccc(C(=O)NN2CCN(C)CC2)cc1Nc1ncc(C(F)(F)F)c(O[C@@H]2Cc3ccccc3[C@H]2N(C)S(C)(=O)=O)n1. The molecule has 0 spiro atoms. The molecule has 2 aromatic carbocycles. The van der Waals surface area contributed by atoms with Gasteiger partial charge in [0.25, 0.3) is 5.91 Å². The van der Waals surface area contributed by atoms with Crippen LogP contribution in [0.1, 0.15) is 33.1 Å². The second-order valence-corrected chi connectivity index (χ2v) is 13.0.